The molecule has 0 aromatic heterocycles. The number of methoxy groups -OCH3 is 1. The van der Waals surface area contributed by atoms with Gasteiger partial charge in [-0.2, -0.15) is 0 Å². The minimum absolute atomic E-state index is 0.269. The summed E-state index contributed by atoms with van der Waals surface area (Å²) < 4.78 is 4.78. The van der Waals surface area contributed by atoms with Crippen LogP contribution in [-0.2, 0) is 11.3 Å². The summed E-state index contributed by atoms with van der Waals surface area (Å²) in [5.74, 6) is 0.444. The molecule has 1 aliphatic heterocycles. The average Bonchev–Trinajstić information content (AvgIpc) is 2.46. The summed E-state index contributed by atoms with van der Waals surface area (Å²) in [6.45, 7) is 8.58. The van der Waals surface area contributed by atoms with Crippen molar-refractivity contribution in [2.45, 2.75) is 32.9 Å². The van der Waals surface area contributed by atoms with Gasteiger partial charge in [-0.15, -0.1) is 0 Å². The first kappa shape index (κ1) is 16.0. The van der Waals surface area contributed by atoms with E-state index in [1.807, 2.05) is 12.1 Å². The first-order valence-electron chi connectivity index (χ1n) is 7.71. The standard InChI is InChI=1S/C17H26N2O2/c1-13(2)9-16-12-19(8-7-18-16)11-14-5-4-6-15(10-14)17(20)21-3/h4-6,10,13,16,18H,7-9,11-12H2,1-3H3. The molecule has 0 bridgehead atoms. The van der Waals surface area contributed by atoms with Gasteiger partial charge in [0, 0.05) is 32.2 Å². The van der Waals surface area contributed by atoms with Gasteiger partial charge in [0.1, 0.15) is 0 Å². The van der Waals surface area contributed by atoms with E-state index in [0.717, 1.165) is 26.2 Å². The molecule has 0 amide bonds. The lowest BCUT2D eigenvalue weighted by molar-refractivity contribution is 0.0600. The Balaban J connectivity index is 1.96. The van der Waals surface area contributed by atoms with E-state index in [9.17, 15) is 4.79 Å². The minimum atomic E-state index is -0.269. The summed E-state index contributed by atoms with van der Waals surface area (Å²) in [6.07, 6.45) is 1.21. The third-order valence-corrected chi connectivity index (χ3v) is 3.85. The number of carbonyl (C=O) groups is 1. The quantitative estimate of drug-likeness (QED) is 0.845. The Labute approximate surface area is 127 Å². The van der Waals surface area contributed by atoms with E-state index in [0.29, 0.717) is 17.5 Å². The molecule has 1 heterocycles. The van der Waals surface area contributed by atoms with Crippen LogP contribution in [0.2, 0.25) is 0 Å². The molecule has 21 heavy (non-hydrogen) atoms. The molecular weight excluding hydrogens is 264 g/mol. The van der Waals surface area contributed by atoms with Crippen LogP contribution in [0.15, 0.2) is 24.3 Å². The molecule has 1 aliphatic rings. The second kappa shape index (κ2) is 7.57. The fraction of sp³-hybridized carbons (Fsp3) is 0.588. The molecule has 0 saturated carbocycles. The molecule has 0 spiro atoms. The first-order valence-corrected chi connectivity index (χ1v) is 7.71. The number of carbonyl (C=O) groups excluding carboxylic acids is 1. The number of nitrogens with zero attached hydrogens (tertiary/aromatic N) is 1. The Kier molecular flexibility index (Phi) is 5.76. The zero-order valence-electron chi connectivity index (χ0n) is 13.3. The maximum atomic E-state index is 11.6. The molecule has 0 aliphatic carbocycles. The number of hydrogen-bond acceptors (Lipinski definition) is 4. The van der Waals surface area contributed by atoms with E-state index < -0.39 is 0 Å². The van der Waals surface area contributed by atoms with E-state index >= 15 is 0 Å². The highest BCUT2D eigenvalue weighted by molar-refractivity contribution is 5.89. The zero-order valence-corrected chi connectivity index (χ0v) is 13.3. The predicted octanol–water partition coefficient (Wildman–Crippen LogP) is 2.29. The van der Waals surface area contributed by atoms with E-state index in [1.165, 1.54) is 19.1 Å². The maximum absolute atomic E-state index is 11.6. The van der Waals surface area contributed by atoms with Crippen LogP contribution < -0.4 is 5.32 Å². The third-order valence-electron chi connectivity index (χ3n) is 3.85. The number of ether oxygens (including phenoxy) is 1. The number of esters is 1. The molecule has 1 N–H and O–H groups in total. The van der Waals surface area contributed by atoms with Gasteiger partial charge in [0.15, 0.2) is 0 Å². The van der Waals surface area contributed by atoms with Crippen LogP contribution in [0, 0.1) is 5.92 Å². The van der Waals surface area contributed by atoms with Crippen LogP contribution in [0.1, 0.15) is 36.2 Å². The van der Waals surface area contributed by atoms with Crippen LogP contribution in [-0.4, -0.2) is 43.7 Å². The molecule has 4 nitrogen and oxygen atoms in total. The van der Waals surface area contributed by atoms with Crippen LogP contribution in [0.5, 0.6) is 0 Å². The van der Waals surface area contributed by atoms with Gasteiger partial charge >= 0.3 is 5.97 Å². The second-order valence-electron chi connectivity index (χ2n) is 6.21. The molecule has 0 radical (unpaired) electrons. The third kappa shape index (κ3) is 4.83. The summed E-state index contributed by atoms with van der Waals surface area (Å²) in [5.41, 5.74) is 1.80. The van der Waals surface area contributed by atoms with Crippen LogP contribution in [0.25, 0.3) is 0 Å². The van der Waals surface area contributed by atoms with E-state index in [-0.39, 0.29) is 5.97 Å². The van der Waals surface area contributed by atoms with Gasteiger partial charge in [0.2, 0.25) is 0 Å². The molecule has 1 atom stereocenters. The van der Waals surface area contributed by atoms with E-state index in [1.54, 1.807) is 6.07 Å². The summed E-state index contributed by atoms with van der Waals surface area (Å²) in [5, 5.41) is 3.59. The smallest absolute Gasteiger partial charge is 0.337 e. The molecule has 1 aromatic carbocycles. The fourth-order valence-electron chi connectivity index (χ4n) is 2.94. The molecule has 1 fully saturated rings. The molecule has 1 aromatic rings. The Bertz CT molecular complexity index is 474. The fourth-order valence-corrected chi connectivity index (χ4v) is 2.94. The van der Waals surface area contributed by atoms with Crippen molar-refractivity contribution < 1.29 is 9.53 Å². The van der Waals surface area contributed by atoms with Crippen molar-refractivity contribution in [2.24, 2.45) is 5.92 Å². The van der Waals surface area contributed by atoms with Crippen molar-refractivity contribution >= 4 is 5.97 Å². The molecule has 4 heteroatoms. The normalized spacial score (nSPS) is 19.7. The Morgan fingerprint density at radius 3 is 3.00 bits per heavy atom. The van der Waals surface area contributed by atoms with Crippen LogP contribution in [0.4, 0.5) is 0 Å². The van der Waals surface area contributed by atoms with E-state index in [4.69, 9.17) is 4.74 Å². The van der Waals surface area contributed by atoms with Gasteiger partial charge in [-0.1, -0.05) is 26.0 Å². The second-order valence-corrected chi connectivity index (χ2v) is 6.21. The zero-order chi connectivity index (χ0) is 15.2. The van der Waals surface area contributed by atoms with Gasteiger partial charge in [0.05, 0.1) is 12.7 Å². The van der Waals surface area contributed by atoms with Crippen molar-refractivity contribution in [3.63, 3.8) is 0 Å². The van der Waals surface area contributed by atoms with Gasteiger partial charge in [-0.25, -0.2) is 4.79 Å². The summed E-state index contributed by atoms with van der Waals surface area (Å²) >= 11 is 0. The monoisotopic (exact) mass is 290 g/mol. The lowest BCUT2D eigenvalue weighted by Crippen LogP contribution is -2.50. The average molecular weight is 290 g/mol. The summed E-state index contributed by atoms with van der Waals surface area (Å²) in [4.78, 5) is 14.0. The summed E-state index contributed by atoms with van der Waals surface area (Å²) in [7, 11) is 1.42. The number of hydrogen-bond donors (Lipinski definition) is 1. The van der Waals surface area contributed by atoms with Gasteiger partial charge in [-0.3, -0.25) is 4.90 Å². The first-order chi connectivity index (χ1) is 10.1. The highest BCUT2D eigenvalue weighted by atomic mass is 16.5. The largest absolute Gasteiger partial charge is 0.465 e. The topological polar surface area (TPSA) is 41.6 Å². The van der Waals surface area contributed by atoms with Gasteiger partial charge < -0.3 is 10.1 Å². The minimum Gasteiger partial charge on any atom is -0.465 e. The van der Waals surface area contributed by atoms with Crippen molar-refractivity contribution in [3.8, 4) is 0 Å². The van der Waals surface area contributed by atoms with Crippen molar-refractivity contribution in [1.82, 2.24) is 10.2 Å². The Morgan fingerprint density at radius 1 is 1.48 bits per heavy atom. The van der Waals surface area contributed by atoms with Crippen LogP contribution in [0.3, 0.4) is 0 Å². The van der Waals surface area contributed by atoms with Crippen molar-refractivity contribution in [1.29, 1.82) is 0 Å². The van der Waals surface area contributed by atoms with Gasteiger partial charge in [-0.05, 0) is 30.0 Å². The van der Waals surface area contributed by atoms with Crippen molar-refractivity contribution in [3.05, 3.63) is 35.4 Å². The molecule has 116 valence electrons. The molecule has 1 saturated heterocycles. The predicted molar refractivity (Wildman–Crippen MR) is 84.3 cm³/mol. The Morgan fingerprint density at radius 2 is 2.29 bits per heavy atom. The number of benzene rings is 1. The number of rotatable bonds is 5. The number of piperazine rings is 1. The molecule has 1 unspecified atom stereocenters. The highest BCUT2D eigenvalue weighted by Gasteiger charge is 2.20. The number of nitrogens with one attached hydrogen (secondary N) is 1. The van der Waals surface area contributed by atoms with Crippen LogP contribution >= 0.6 is 0 Å². The SMILES string of the molecule is COC(=O)c1cccc(CN2CCNC(CC(C)C)C2)c1. The van der Waals surface area contributed by atoms with Crippen molar-refractivity contribution in [2.75, 3.05) is 26.7 Å². The Hall–Kier alpha value is -1.39. The lowest BCUT2D eigenvalue weighted by Gasteiger charge is -2.34. The maximum Gasteiger partial charge on any atom is 0.337 e. The van der Waals surface area contributed by atoms with Gasteiger partial charge in [0.25, 0.3) is 0 Å². The highest BCUT2D eigenvalue weighted by Crippen LogP contribution is 2.14. The summed E-state index contributed by atoms with van der Waals surface area (Å²) in [6, 6.07) is 8.31. The van der Waals surface area contributed by atoms with E-state index in [2.05, 4.69) is 30.1 Å². The molecule has 2 rings (SSSR count). The lowest BCUT2D eigenvalue weighted by atomic mass is 10.0. The molecular formula is C17H26N2O2.